The number of alkyl halides is 1. The number of rotatable bonds is 2. The number of hydrogen-bond donors (Lipinski definition) is 0. The van der Waals surface area contributed by atoms with Crippen molar-refractivity contribution in [2.75, 3.05) is 19.6 Å². The molecule has 0 saturated carbocycles. The van der Waals surface area contributed by atoms with Crippen LogP contribution in [0.5, 0.6) is 0 Å². The lowest BCUT2D eigenvalue weighted by Crippen LogP contribution is -2.48. The Kier molecular flexibility index (Phi) is 3.00. The molecule has 0 radical (unpaired) electrons. The third-order valence-electron chi connectivity index (χ3n) is 5.06. The smallest absolute Gasteiger partial charge is 0.125 e. The van der Waals surface area contributed by atoms with Gasteiger partial charge in [0.15, 0.2) is 0 Å². The van der Waals surface area contributed by atoms with Crippen molar-refractivity contribution >= 4 is 22.6 Å². The van der Waals surface area contributed by atoms with Gasteiger partial charge >= 0.3 is 0 Å². The van der Waals surface area contributed by atoms with Crippen molar-refractivity contribution in [1.82, 2.24) is 14.5 Å². The van der Waals surface area contributed by atoms with E-state index >= 15 is 0 Å². The molecule has 106 valence electrons. The summed E-state index contributed by atoms with van der Waals surface area (Å²) in [5.41, 5.74) is 3.70. The monoisotopic (exact) mass is 289 g/mol. The summed E-state index contributed by atoms with van der Waals surface area (Å²) in [6.45, 7) is 5.88. The van der Waals surface area contributed by atoms with E-state index < -0.39 is 0 Å². The van der Waals surface area contributed by atoms with Gasteiger partial charge in [0.25, 0.3) is 0 Å². The number of fused-ring (bicyclic) bond motifs is 4. The van der Waals surface area contributed by atoms with Crippen molar-refractivity contribution in [2.24, 2.45) is 5.92 Å². The maximum Gasteiger partial charge on any atom is 0.125 e. The highest BCUT2D eigenvalue weighted by Crippen LogP contribution is 2.38. The summed E-state index contributed by atoms with van der Waals surface area (Å²) in [4.78, 5) is 7.35. The van der Waals surface area contributed by atoms with E-state index in [0.717, 1.165) is 23.8 Å². The van der Waals surface area contributed by atoms with Crippen LogP contribution in [0.4, 0.5) is 0 Å². The van der Waals surface area contributed by atoms with Crippen LogP contribution < -0.4 is 0 Å². The molecule has 1 atom stereocenters. The van der Waals surface area contributed by atoms with Gasteiger partial charge in [-0.2, -0.15) is 0 Å². The molecule has 0 aliphatic carbocycles. The highest BCUT2D eigenvalue weighted by molar-refractivity contribution is 6.16. The predicted molar refractivity (Wildman–Crippen MR) is 82.2 cm³/mol. The Hall–Kier alpha value is -1.06. The first-order valence-corrected chi connectivity index (χ1v) is 8.06. The van der Waals surface area contributed by atoms with Crippen molar-refractivity contribution in [1.29, 1.82) is 0 Å². The molecule has 3 saturated heterocycles. The molecule has 3 aliphatic rings. The van der Waals surface area contributed by atoms with Crippen molar-refractivity contribution in [3.63, 3.8) is 0 Å². The molecular weight excluding hydrogens is 270 g/mol. The molecule has 2 bridgehead atoms. The van der Waals surface area contributed by atoms with Crippen molar-refractivity contribution in [3.8, 4) is 0 Å². The Morgan fingerprint density at radius 2 is 2.10 bits per heavy atom. The number of benzene rings is 1. The van der Waals surface area contributed by atoms with Gasteiger partial charge in [0.1, 0.15) is 5.82 Å². The standard InChI is InChI=1S/C16H20ClN3/c1-11-3-2-4-13-16(11)20(15(9-17)18-13)14-10-19-7-5-12(14)6-8-19/h2-4,12,14H,5-10H2,1H3. The molecule has 3 aliphatic heterocycles. The second kappa shape index (κ2) is 4.74. The molecule has 0 amide bonds. The summed E-state index contributed by atoms with van der Waals surface area (Å²) >= 11 is 6.18. The van der Waals surface area contributed by atoms with Gasteiger partial charge in [-0.25, -0.2) is 4.98 Å². The zero-order chi connectivity index (χ0) is 13.7. The second-order valence-corrected chi connectivity index (χ2v) is 6.45. The van der Waals surface area contributed by atoms with Crippen LogP contribution in [0, 0.1) is 12.8 Å². The molecular formula is C16H20ClN3. The molecule has 0 spiro atoms. The fraction of sp³-hybridized carbons (Fsp3) is 0.562. The minimum atomic E-state index is 0.497. The van der Waals surface area contributed by atoms with Crippen LogP contribution in [0.15, 0.2) is 18.2 Å². The van der Waals surface area contributed by atoms with E-state index in [1.54, 1.807) is 0 Å². The van der Waals surface area contributed by atoms with E-state index in [1.165, 1.54) is 37.0 Å². The Bertz CT molecular complexity index is 640. The summed E-state index contributed by atoms with van der Waals surface area (Å²) in [6, 6.07) is 6.93. The summed E-state index contributed by atoms with van der Waals surface area (Å²) in [7, 11) is 0. The topological polar surface area (TPSA) is 21.1 Å². The first-order chi connectivity index (χ1) is 9.78. The maximum atomic E-state index is 6.18. The van der Waals surface area contributed by atoms with Crippen LogP contribution in [0.2, 0.25) is 0 Å². The van der Waals surface area contributed by atoms with Crippen LogP contribution in [0.3, 0.4) is 0 Å². The molecule has 0 N–H and O–H groups in total. The van der Waals surface area contributed by atoms with Crippen molar-refractivity contribution < 1.29 is 0 Å². The van der Waals surface area contributed by atoms with Gasteiger partial charge in [-0.05, 0) is 50.4 Å². The second-order valence-electron chi connectivity index (χ2n) is 6.18. The van der Waals surface area contributed by atoms with Gasteiger partial charge in [0.2, 0.25) is 0 Å². The number of piperidine rings is 3. The molecule has 4 heterocycles. The Balaban J connectivity index is 1.89. The highest BCUT2D eigenvalue weighted by atomic mass is 35.5. The SMILES string of the molecule is Cc1cccc2nc(CCl)n(C3CN4CCC3CC4)c12. The molecule has 2 aromatic rings. The number of para-hydroxylation sites is 1. The zero-order valence-corrected chi connectivity index (χ0v) is 12.6. The first-order valence-electron chi connectivity index (χ1n) is 7.52. The number of halogens is 1. The fourth-order valence-electron chi connectivity index (χ4n) is 4.05. The quantitative estimate of drug-likeness (QED) is 0.791. The average molecular weight is 290 g/mol. The maximum absolute atomic E-state index is 6.18. The normalized spacial score (nSPS) is 29.2. The largest absolute Gasteiger partial charge is 0.322 e. The van der Waals surface area contributed by atoms with Crippen LogP contribution in [0.1, 0.15) is 30.3 Å². The molecule has 5 rings (SSSR count). The minimum Gasteiger partial charge on any atom is -0.322 e. The molecule has 20 heavy (non-hydrogen) atoms. The molecule has 3 fully saturated rings. The molecule has 1 aromatic heterocycles. The van der Waals surface area contributed by atoms with Crippen LogP contribution in [0.25, 0.3) is 11.0 Å². The summed E-state index contributed by atoms with van der Waals surface area (Å²) in [6.07, 6.45) is 2.63. The minimum absolute atomic E-state index is 0.497. The number of aromatic nitrogens is 2. The Morgan fingerprint density at radius 1 is 1.30 bits per heavy atom. The lowest BCUT2D eigenvalue weighted by atomic mass is 9.83. The van der Waals surface area contributed by atoms with E-state index in [0.29, 0.717) is 11.9 Å². The average Bonchev–Trinajstić information content (AvgIpc) is 2.88. The van der Waals surface area contributed by atoms with Gasteiger partial charge in [0.05, 0.1) is 23.0 Å². The summed E-state index contributed by atoms with van der Waals surface area (Å²) in [5.74, 6) is 2.32. The lowest BCUT2D eigenvalue weighted by molar-refractivity contribution is 0.0578. The van der Waals surface area contributed by atoms with E-state index in [9.17, 15) is 0 Å². The van der Waals surface area contributed by atoms with Crippen LogP contribution in [-0.4, -0.2) is 34.1 Å². The van der Waals surface area contributed by atoms with E-state index in [-0.39, 0.29) is 0 Å². The molecule has 1 unspecified atom stereocenters. The number of hydrogen-bond acceptors (Lipinski definition) is 2. The fourth-order valence-corrected chi connectivity index (χ4v) is 4.24. The molecule has 4 heteroatoms. The molecule has 1 aromatic carbocycles. The van der Waals surface area contributed by atoms with Crippen LogP contribution in [-0.2, 0) is 5.88 Å². The zero-order valence-electron chi connectivity index (χ0n) is 11.8. The van der Waals surface area contributed by atoms with E-state index in [1.807, 2.05) is 0 Å². The summed E-state index contributed by atoms with van der Waals surface area (Å²) < 4.78 is 2.45. The lowest BCUT2D eigenvalue weighted by Gasteiger charge is -2.45. The van der Waals surface area contributed by atoms with Gasteiger partial charge < -0.3 is 9.47 Å². The van der Waals surface area contributed by atoms with E-state index in [2.05, 4.69) is 34.6 Å². The van der Waals surface area contributed by atoms with Gasteiger partial charge in [-0.15, -0.1) is 11.6 Å². The van der Waals surface area contributed by atoms with E-state index in [4.69, 9.17) is 16.6 Å². The van der Waals surface area contributed by atoms with Gasteiger partial charge in [-0.3, -0.25) is 0 Å². The van der Waals surface area contributed by atoms with Crippen LogP contribution >= 0.6 is 11.6 Å². The number of imidazole rings is 1. The Morgan fingerprint density at radius 3 is 2.75 bits per heavy atom. The summed E-state index contributed by atoms with van der Waals surface area (Å²) in [5, 5.41) is 0. The highest BCUT2D eigenvalue weighted by Gasteiger charge is 2.36. The third kappa shape index (κ3) is 1.80. The number of nitrogens with zero attached hydrogens (tertiary/aromatic N) is 3. The van der Waals surface area contributed by atoms with Crippen molar-refractivity contribution in [3.05, 3.63) is 29.6 Å². The van der Waals surface area contributed by atoms with Gasteiger partial charge in [0, 0.05) is 6.54 Å². The Labute approximate surface area is 124 Å². The molecule has 3 nitrogen and oxygen atoms in total. The van der Waals surface area contributed by atoms with Gasteiger partial charge in [-0.1, -0.05) is 12.1 Å². The third-order valence-corrected chi connectivity index (χ3v) is 5.30. The number of aryl methyl sites for hydroxylation is 1. The first kappa shape index (κ1) is 12.7. The predicted octanol–water partition coefficient (Wildman–Crippen LogP) is 3.35. The van der Waals surface area contributed by atoms with Crippen molar-refractivity contribution in [2.45, 2.75) is 31.7 Å².